The van der Waals surface area contributed by atoms with Crippen LogP contribution < -0.4 is 9.47 Å². The fourth-order valence-corrected chi connectivity index (χ4v) is 2.39. The first-order valence-electron chi connectivity index (χ1n) is 6.37. The zero-order valence-electron chi connectivity index (χ0n) is 11.3. The first-order valence-corrected chi connectivity index (χ1v) is 6.37. The lowest BCUT2D eigenvalue weighted by molar-refractivity contribution is -0.248. The third-order valence-corrected chi connectivity index (χ3v) is 3.62. The highest BCUT2D eigenvalue weighted by Crippen LogP contribution is 2.43. The fraction of sp³-hybridized carbons (Fsp3) is 0.500. The summed E-state index contributed by atoms with van der Waals surface area (Å²) in [4.78, 5) is 10.8. The Morgan fingerprint density at radius 1 is 1.48 bits per heavy atom. The molecule has 1 N–H and O–H groups in total. The topological polar surface area (TPSA) is 55.8 Å². The number of aldehydes is 1. The number of fused-ring (bicyclic) bond motifs is 1. The van der Waals surface area contributed by atoms with Crippen molar-refractivity contribution in [1.82, 2.24) is 0 Å². The number of alkyl halides is 3. The van der Waals surface area contributed by atoms with E-state index in [0.29, 0.717) is 17.1 Å². The lowest BCUT2D eigenvalue weighted by Crippen LogP contribution is -2.48. The van der Waals surface area contributed by atoms with Crippen LogP contribution in [-0.4, -0.2) is 36.9 Å². The molecule has 0 aromatic heterocycles. The van der Waals surface area contributed by atoms with Gasteiger partial charge in [-0.3, -0.25) is 4.79 Å². The molecule has 2 unspecified atom stereocenters. The molecule has 0 aliphatic carbocycles. The first-order chi connectivity index (χ1) is 9.80. The molecule has 116 valence electrons. The van der Waals surface area contributed by atoms with E-state index in [1.807, 2.05) is 0 Å². The van der Waals surface area contributed by atoms with E-state index in [9.17, 15) is 23.1 Å². The zero-order valence-corrected chi connectivity index (χ0v) is 11.3. The van der Waals surface area contributed by atoms with Crippen LogP contribution in [-0.2, 0) is 4.79 Å². The molecule has 0 spiro atoms. The third kappa shape index (κ3) is 2.97. The van der Waals surface area contributed by atoms with Gasteiger partial charge in [0.1, 0.15) is 11.5 Å². The third-order valence-electron chi connectivity index (χ3n) is 3.62. The Hall–Kier alpha value is -1.76. The summed E-state index contributed by atoms with van der Waals surface area (Å²) in [5.41, 5.74) is -2.85. The summed E-state index contributed by atoms with van der Waals surface area (Å²) in [5.74, 6) is 0.286. The van der Waals surface area contributed by atoms with Crippen molar-refractivity contribution in [1.29, 1.82) is 0 Å². The number of hydrogen-bond donors (Lipinski definition) is 1. The lowest BCUT2D eigenvalue weighted by Gasteiger charge is -2.32. The average molecular weight is 304 g/mol. The first kappa shape index (κ1) is 15.6. The number of aliphatic hydroxyl groups is 1. The number of rotatable bonds is 4. The van der Waals surface area contributed by atoms with Crippen molar-refractivity contribution in [3.05, 3.63) is 23.8 Å². The highest BCUT2D eigenvalue weighted by molar-refractivity contribution is 5.64. The van der Waals surface area contributed by atoms with E-state index in [0.717, 1.165) is 0 Å². The van der Waals surface area contributed by atoms with Crippen molar-refractivity contribution >= 4 is 6.29 Å². The number of carbonyl (C=O) groups is 1. The number of benzene rings is 1. The van der Waals surface area contributed by atoms with Gasteiger partial charge in [-0.05, 0) is 37.0 Å². The smallest absolute Gasteiger partial charge is 0.424 e. The van der Waals surface area contributed by atoms with Crippen molar-refractivity contribution < 1.29 is 32.5 Å². The number of hydrogen-bond acceptors (Lipinski definition) is 4. The minimum absolute atomic E-state index is 0.233. The van der Waals surface area contributed by atoms with Crippen LogP contribution in [0.25, 0.3) is 0 Å². The summed E-state index contributed by atoms with van der Waals surface area (Å²) in [6.45, 7) is 0.233. The predicted octanol–water partition coefficient (Wildman–Crippen LogP) is 2.44. The summed E-state index contributed by atoms with van der Waals surface area (Å²) >= 11 is 0. The Labute approximate surface area is 119 Å². The maximum Gasteiger partial charge on any atom is 0.424 e. The van der Waals surface area contributed by atoms with Crippen molar-refractivity contribution in [2.45, 2.75) is 30.5 Å². The van der Waals surface area contributed by atoms with E-state index in [1.54, 1.807) is 18.2 Å². The molecule has 1 aromatic carbocycles. The monoisotopic (exact) mass is 304 g/mol. The second-order valence-corrected chi connectivity index (χ2v) is 4.98. The molecule has 1 heterocycles. The highest BCUT2D eigenvalue weighted by Gasteiger charge is 2.55. The fourth-order valence-electron chi connectivity index (χ4n) is 2.39. The van der Waals surface area contributed by atoms with Crippen molar-refractivity contribution in [3.63, 3.8) is 0 Å². The van der Waals surface area contributed by atoms with Gasteiger partial charge in [0.05, 0.1) is 13.7 Å². The molecule has 4 nitrogen and oxygen atoms in total. The maximum atomic E-state index is 12.8. The number of methoxy groups -OCH3 is 1. The highest BCUT2D eigenvalue weighted by atomic mass is 19.4. The van der Waals surface area contributed by atoms with Crippen molar-refractivity contribution in [2.75, 3.05) is 13.7 Å². The maximum absolute atomic E-state index is 12.8. The molecule has 0 amide bonds. The normalized spacial score (nSPS) is 20.9. The Kier molecular flexibility index (Phi) is 4.13. The van der Waals surface area contributed by atoms with E-state index >= 15 is 0 Å². The van der Waals surface area contributed by atoms with Crippen LogP contribution in [0.1, 0.15) is 24.3 Å². The molecule has 1 aliphatic heterocycles. The summed E-state index contributed by atoms with van der Waals surface area (Å²) < 4.78 is 49.0. The summed E-state index contributed by atoms with van der Waals surface area (Å²) in [5, 5.41) is 9.60. The van der Waals surface area contributed by atoms with Crippen LogP contribution in [0, 0.1) is 0 Å². The van der Waals surface area contributed by atoms with Gasteiger partial charge in [-0.1, -0.05) is 0 Å². The molecule has 0 saturated heterocycles. The molecule has 0 saturated carbocycles. The molecule has 2 atom stereocenters. The van der Waals surface area contributed by atoms with Crippen LogP contribution in [0.5, 0.6) is 11.5 Å². The van der Waals surface area contributed by atoms with E-state index in [-0.39, 0.29) is 13.0 Å². The van der Waals surface area contributed by atoms with Gasteiger partial charge >= 0.3 is 6.18 Å². The van der Waals surface area contributed by atoms with Gasteiger partial charge in [0.25, 0.3) is 0 Å². The SMILES string of the molecule is COc1ccc2c(c1)C(CC(O)(C=O)C(F)(F)F)CCO2. The Morgan fingerprint density at radius 3 is 2.76 bits per heavy atom. The van der Waals surface area contributed by atoms with Crippen molar-refractivity contribution in [2.24, 2.45) is 0 Å². The van der Waals surface area contributed by atoms with Gasteiger partial charge in [-0.25, -0.2) is 0 Å². The average Bonchev–Trinajstić information content (AvgIpc) is 2.45. The van der Waals surface area contributed by atoms with Crippen LogP contribution in [0.2, 0.25) is 0 Å². The van der Waals surface area contributed by atoms with E-state index in [4.69, 9.17) is 9.47 Å². The van der Waals surface area contributed by atoms with Gasteiger partial charge in [0.2, 0.25) is 5.60 Å². The van der Waals surface area contributed by atoms with Gasteiger partial charge < -0.3 is 14.6 Å². The van der Waals surface area contributed by atoms with Gasteiger partial charge in [-0.2, -0.15) is 13.2 Å². The van der Waals surface area contributed by atoms with E-state index < -0.39 is 30.4 Å². The number of carbonyl (C=O) groups excluding carboxylic acids is 1. The summed E-state index contributed by atoms with van der Waals surface area (Å²) in [7, 11) is 1.44. The zero-order chi connectivity index (χ0) is 15.7. The van der Waals surface area contributed by atoms with Gasteiger partial charge in [0, 0.05) is 5.56 Å². The molecule has 1 aliphatic rings. The Morgan fingerprint density at radius 2 is 2.19 bits per heavy atom. The molecule has 0 bridgehead atoms. The molecule has 21 heavy (non-hydrogen) atoms. The van der Waals surface area contributed by atoms with Crippen LogP contribution in [0.15, 0.2) is 18.2 Å². The van der Waals surface area contributed by atoms with E-state index in [1.165, 1.54) is 7.11 Å². The standard InChI is InChI=1S/C14H15F3O4/c1-20-10-2-3-12-11(6-10)9(4-5-21-12)7-13(19,8-18)14(15,16)17/h2-3,6,8-9,19H,4-5,7H2,1H3. The predicted molar refractivity (Wildman–Crippen MR) is 67.5 cm³/mol. The Balaban J connectivity index is 2.33. The minimum atomic E-state index is -5.01. The molecule has 2 rings (SSSR count). The minimum Gasteiger partial charge on any atom is -0.497 e. The van der Waals surface area contributed by atoms with Gasteiger partial charge in [-0.15, -0.1) is 0 Å². The van der Waals surface area contributed by atoms with Crippen LogP contribution in [0.4, 0.5) is 13.2 Å². The van der Waals surface area contributed by atoms with Gasteiger partial charge in [0.15, 0.2) is 6.29 Å². The van der Waals surface area contributed by atoms with E-state index in [2.05, 4.69) is 0 Å². The van der Waals surface area contributed by atoms with Crippen LogP contribution >= 0.6 is 0 Å². The van der Waals surface area contributed by atoms with Crippen LogP contribution in [0.3, 0.4) is 0 Å². The second-order valence-electron chi connectivity index (χ2n) is 4.98. The second kappa shape index (κ2) is 5.55. The Bertz CT molecular complexity index is 529. The molecule has 7 heteroatoms. The molecular formula is C14H15F3O4. The number of halogens is 3. The summed E-state index contributed by atoms with van der Waals surface area (Å²) in [6.07, 6.45) is -5.90. The summed E-state index contributed by atoms with van der Waals surface area (Å²) in [6, 6.07) is 4.81. The van der Waals surface area contributed by atoms with Crippen molar-refractivity contribution in [3.8, 4) is 11.5 Å². The lowest BCUT2D eigenvalue weighted by atomic mass is 9.83. The molecule has 0 radical (unpaired) electrons. The quantitative estimate of drug-likeness (QED) is 0.868. The molecule has 0 fully saturated rings. The molecule has 1 aromatic rings. The number of ether oxygens (including phenoxy) is 2. The molecular weight excluding hydrogens is 289 g/mol. The largest absolute Gasteiger partial charge is 0.497 e.